The van der Waals surface area contributed by atoms with E-state index in [9.17, 15) is 9.90 Å². The third kappa shape index (κ3) is 3.25. The molecule has 0 unspecified atom stereocenters. The first-order valence-corrected chi connectivity index (χ1v) is 10.3. The molecule has 3 aromatic rings. The number of pyridine rings is 1. The molecule has 8 heteroatoms. The first-order valence-electron chi connectivity index (χ1n) is 9.87. The van der Waals surface area contributed by atoms with Crippen LogP contribution in [0, 0.1) is 6.92 Å². The van der Waals surface area contributed by atoms with E-state index in [2.05, 4.69) is 20.2 Å². The minimum absolute atomic E-state index is 0.0326. The average Bonchev–Trinajstić information content (AvgIpc) is 3.27. The number of carbonyl (C=O) groups excluding carboxylic acids is 1. The number of ether oxygens (including phenoxy) is 1. The van der Waals surface area contributed by atoms with Crippen LogP contribution in [0.25, 0.3) is 17.1 Å². The SMILES string of the molecule is Cc1ccc2c(C=C3Oc4c(cc(Cl)c(O)c4CN4CCNCC4)C3=O)c[nH]c2n1. The normalized spacial score (nSPS) is 18.2. The molecule has 2 aliphatic heterocycles. The number of aromatic nitrogens is 2. The van der Waals surface area contributed by atoms with Crippen LogP contribution in [0.1, 0.15) is 27.2 Å². The maximum atomic E-state index is 13.0. The van der Waals surface area contributed by atoms with Gasteiger partial charge in [0.05, 0.1) is 16.1 Å². The topological polar surface area (TPSA) is 90.5 Å². The van der Waals surface area contributed by atoms with Gasteiger partial charge in [-0.05, 0) is 31.2 Å². The monoisotopic (exact) mass is 424 g/mol. The van der Waals surface area contributed by atoms with Crippen molar-refractivity contribution in [2.24, 2.45) is 0 Å². The van der Waals surface area contributed by atoms with E-state index in [0.29, 0.717) is 23.4 Å². The molecule has 0 radical (unpaired) electrons. The Labute approximate surface area is 178 Å². The van der Waals surface area contributed by atoms with Crippen LogP contribution in [0.2, 0.25) is 5.02 Å². The maximum absolute atomic E-state index is 13.0. The molecule has 1 saturated heterocycles. The number of fused-ring (bicyclic) bond motifs is 2. The van der Waals surface area contributed by atoms with Crippen LogP contribution in [-0.4, -0.2) is 51.9 Å². The van der Waals surface area contributed by atoms with Crippen LogP contribution >= 0.6 is 11.6 Å². The first kappa shape index (κ1) is 19.1. The molecule has 3 N–H and O–H groups in total. The molecule has 154 valence electrons. The van der Waals surface area contributed by atoms with E-state index in [-0.39, 0.29) is 22.3 Å². The van der Waals surface area contributed by atoms with E-state index in [4.69, 9.17) is 16.3 Å². The van der Waals surface area contributed by atoms with Gasteiger partial charge in [0.1, 0.15) is 17.1 Å². The number of rotatable bonds is 3. The van der Waals surface area contributed by atoms with Crippen molar-refractivity contribution in [1.82, 2.24) is 20.2 Å². The van der Waals surface area contributed by atoms with Gasteiger partial charge in [0.2, 0.25) is 5.78 Å². The van der Waals surface area contributed by atoms with Crippen molar-refractivity contribution in [3.8, 4) is 11.5 Å². The van der Waals surface area contributed by atoms with Gasteiger partial charge in [0.25, 0.3) is 0 Å². The lowest BCUT2D eigenvalue weighted by Gasteiger charge is -2.28. The second-order valence-corrected chi connectivity index (χ2v) is 8.03. The summed E-state index contributed by atoms with van der Waals surface area (Å²) in [4.78, 5) is 22.8. The number of benzene rings is 1. The van der Waals surface area contributed by atoms with Crippen LogP contribution in [0.3, 0.4) is 0 Å². The van der Waals surface area contributed by atoms with Gasteiger partial charge in [-0.1, -0.05) is 11.6 Å². The predicted octanol–water partition coefficient (Wildman–Crippen LogP) is 3.25. The highest BCUT2D eigenvalue weighted by Gasteiger charge is 2.33. The maximum Gasteiger partial charge on any atom is 0.232 e. The standard InChI is InChI=1S/C22H21ClN4O3/c1-12-2-3-14-13(10-25-22(14)26-12)8-18-20(29)15-9-17(23)19(28)16(21(15)30-18)11-27-6-4-24-5-7-27/h2-3,8-10,24,28H,4-7,11H2,1H3,(H,25,26). The molecule has 1 aromatic carbocycles. The van der Waals surface area contributed by atoms with Crippen molar-refractivity contribution in [3.05, 3.63) is 57.6 Å². The van der Waals surface area contributed by atoms with Crippen molar-refractivity contribution < 1.29 is 14.6 Å². The summed E-state index contributed by atoms with van der Waals surface area (Å²) in [5.74, 6) is 0.313. The molecule has 0 amide bonds. The highest BCUT2D eigenvalue weighted by atomic mass is 35.5. The second-order valence-electron chi connectivity index (χ2n) is 7.62. The van der Waals surface area contributed by atoms with Gasteiger partial charge in [-0.15, -0.1) is 0 Å². The van der Waals surface area contributed by atoms with Gasteiger partial charge in [0.15, 0.2) is 5.76 Å². The number of halogens is 1. The zero-order chi connectivity index (χ0) is 20.8. The Morgan fingerprint density at radius 2 is 2.13 bits per heavy atom. The average molecular weight is 425 g/mol. The minimum atomic E-state index is -0.247. The lowest BCUT2D eigenvalue weighted by molar-refractivity contribution is 0.101. The fraction of sp³-hybridized carbons (Fsp3) is 0.273. The number of Topliss-reactive ketones (excluding diaryl/α,β-unsaturated/α-hetero) is 1. The highest BCUT2D eigenvalue weighted by Crippen LogP contribution is 2.44. The number of hydrogen-bond acceptors (Lipinski definition) is 6. The number of carbonyl (C=O) groups is 1. The lowest BCUT2D eigenvalue weighted by atomic mass is 10.0. The zero-order valence-corrected chi connectivity index (χ0v) is 17.2. The molecular formula is C22H21ClN4O3. The predicted molar refractivity (Wildman–Crippen MR) is 115 cm³/mol. The quantitative estimate of drug-likeness (QED) is 0.559. The van der Waals surface area contributed by atoms with Gasteiger partial charge in [0, 0.05) is 55.6 Å². The summed E-state index contributed by atoms with van der Waals surface area (Å²) in [6, 6.07) is 5.37. The van der Waals surface area contributed by atoms with Gasteiger partial charge in [-0.3, -0.25) is 9.69 Å². The molecule has 4 heterocycles. The number of piperazine rings is 1. The van der Waals surface area contributed by atoms with Gasteiger partial charge in [-0.25, -0.2) is 4.98 Å². The molecule has 30 heavy (non-hydrogen) atoms. The summed E-state index contributed by atoms with van der Waals surface area (Å²) in [6.07, 6.45) is 3.51. The smallest absolute Gasteiger partial charge is 0.232 e. The number of aromatic hydroxyl groups is 1. The number of phenols is 1. The van der Waals surface area contributed by atoms with E-state index < -0.39 is 0 Å². The molecule has 0 aliphatic carbocycles. The molecule has 5 rings (SSSR count). The lowest BCUT2D eigenvalue weighted by Crippen LogP contribution is -2.42. The number of H-pyrrole nitrogens is 1. The molecule has 0 spiro atoms. The number of aryl methyl sites for hydroxylation is 1. The second kappa shape index (κ2) is 7.43. The van der Waals surface area contributed by atoms with Gasteiger partial charge >= 0.3 is 0 Å². The van der Waals surface area contributed by atoms with Crippen molar-refractivity contribution in [1.29, 1.82) is 0 Å². The summed E-state index contributed by atoms with van der Waals surface area (Å²) in [5.41, 5.74) is 3.40. The van der Waals surface area contributed by atoms with Crippen LogP contribution in [0.15, 0.2) is 30.2 Å². The number of ketones is 1. The Morgan fingerprint density at radius 1 is 1.33 bits per heavy atom. The summed E-state index contributed by atoms with van der Waals surface area (Å²) < 4.78 is 5.99. The minimum Gasteiger partial charge on any atom is -0.506 e. The highest BCUT2D eigenvalue weighted by molar-refractivity contribution is 6.33. The Hall–Kier alpha value is -2.87. The number of allylic oxidation sites excluding steroid dienone is 1. The fourth-order valence-corrected chi connectivity index (χ4v) is 4.19. The van der Waals surface area contributed by atoms with Crippen LogP contribution in [0.4, 0.5) is 0 Å². The number of aromatic amines is 1. The van der Waals surface area contributed by atoms with Gasteiger partial charge in [-0.2, -0.15) is 0 Å². The van der Waals surface area contributed by atoms with Crippen molar-refractivity contribution in [2.75, 3.05) is 26.2 Å². The molecule has 2 aliphatic rings. The summed E-state index contributed by atoms with van der Waals surface area (Å²) in [6.45, 7) is 5.84. The van der Waals surface area contributed by atoms with E-state index >= 15 is 0 Å². The fourth-order valence-electron chi connectivity index (χ4n) is 3.97. The summed E-state index contributed by atoms with van der Waals surface area (Å²) in [5, 5.41) is 15.0. The van der Waals surface area contributed by atoms with Crippen LogP contribution in [-0.2, 0) is 6.54 Å². The third-order valence-corrected chi connectivity index (χ3v) is 5.86. The van der Waals surface area contributed by atoms with Crippen LogP contribution in [0.5, 0.6) is 11.5 Å². The first-order chi connectivity index (χ1) is 14.5. The Morgan fingerprint density at radius 3 is 2.93 bits per heavy atom. The van der Waals surface area contributed by atoms with E-state index in [1.165, 1.54) is 6.07 Å². The molecule has 1 fully saturated rings. The molecule has 2 aromatic heterocycles. The van der Waals surface area contributed by atoms with E-state index in [0.717, 1.165) is 48.5 Å². The van der Waals surface area contributed by atoms with E-state index in [1.807, 2.05) is 19.1 Å². The summed E-state index contributed by atoms with van der Waals surface area (Å²) >= 11 is 6.24. The number of nitrogens with zero attached hydrogens (tertiary/aromatic N) is 2. The zero-order valence-electron chi connectivity index (χ0n) is 16.5. The molecule has 0 bridgehead atoms. The third-order valence-electron chi connectivity index (χ3n) is 5.57. The van der Waals surface area contributed by atoms with Crippen molar-refractivity contribution >= 4 is 34.5 Å². The Balaban J connectivity index is 1.53. The largest absolute Gasteiger partial charge is 0.506 e. The van der Waals surface area contributed by atoms with Crippen molar-refractivity contribution in [2.45, 2.75) is 13.5 Å². The van der Waals surface area contributed by atoms with Crippen LogP contribution < -0.4 is 10.1 Å². The number of phenolic OH excluding ortho intramolecular Hbond substituents is 1. The summed E-state index contributed by atoms with van der Waals surface area (Å²) in [7, 11) is 0. The number of nitrogens with one attached hydrogen (secondary N) is 2. The molecule has 0 saturated carbocycles. The Kier molecular flexibility index (Phi) is 4.73. The van der Waals surface area contributed by atoms with Gasteiger partial charge < -0.3 is 20.1 Å². The molecular weight excluding hydrogens is 404 g/mol. The molecule has 7 nitrogen and oxygen atoms in total. The Bertz CT molecular complexity index is 1190. The molecule has 0 atom stereocenters. The van der Waals surface area contributed by atoms with Crippen molar-refractivity contribution in [3.63, 3.8) is 0 Å². The van der Waals surface area contributed by atoms with E-state index in [1.54, 1.807) is 12.3 Å². The number of hydrogen-bond donors (Lipinski definition) is 3.